The number of allylic oxidation sites excluding steroid dienone is 2. The zero-order valence-corrected chi connectivity index (χ0v) is 10.1. The third-order valence-electron chi connectivity index (χ3n) is 3.43. The van der Waals surface area contributed by atoms with E-state index < -0.39 is 0 Å². The topological polar surface area (TPSA) is 17.1 Å². The third-order valence-corrected chi connectivity index (χ3v) is 3.43. The second-order valence-corrected chi connectivity index (χ2v) is 4.79. The van der Waals surface area contributed by atoms with Crippen LogP contribution in [-0.4, -0.2) is 5.78 Å². The van der Waals surface area contributed by atoms with Crippen LogP contribution in [0.2, 0.25) is 0 Å². The summed E-state index contributed by atoms with van der Waals surface area (Å²) in [4.78, 5) is 12.1. The van der Waals surface area contributed by atoms with Crippen molar-refractivity contribution in [3.63, 3.8) is 0 Å². The Morgan fingerprint density at radius 1 is 1.06 bits per heavy atom. The first-order valence-electron chi connectivity index (χ1n) is 5.90. The molecule has 0 bridgehead atoms. The minimum atomic E-state index is 0.261. The fraction of sp³-hybridized carbons (Fsp3) is 0.188. The van der Waals surface area contributed by atoms with Gasteiger partial charge in [0.25, 0.3) is 0 Å². The van der Waals surface area contributed by atoms with Gasteiger partial charge in [-0.15, -0.1) is 0 Å². The van der Waals surface area contributed by atoms with E-state index >= 15 is 0 Å². The van der Waals surface area contributed by atoms with Crippen molar-refractivity contribution in [2.45, 2.75) is 20.3 Å². The summed E-state index contributed by atoms with van der Waals surface area (Å²) in [5, 5.41) is 2.43. The monoisotopic (exact) mass is 222 g/mol. The van der Waals surface area contributed by atoms with Gasteiger partial charge >= 0.3 is 0 Å². The molecule has 17 heavy (non-hydrogen) atoms. The van der Waals surface area contributed by atoms with Crippen molar-refractivity contribution in [1.82, 2.24) is 0 Å². The molecule has 1 aliphatic carbocycles. The van der Waals surface area contributed by atoms with Gasteiger partial charge in [0.05, 0.1) is 0 Å². The molecule has 84 valence electrons. The highest BCUT2D eigenvalue weighted by Gasteiger charge is 2.26. The standard InChI is InChI=1S/C16H14O/c1-10(2)16-13-8-7-11-5-3-4-6-12(11)14(13)9-15(16)17/h3-8H,9H2,1-2H3. The average molecular weight is 222 g/mol. The van der Waals surface area contributed by atoms with E-state index in [9.17, 15) is 4.79 Å². The van der Waals surface area contributed by atoms with Crippen molar-refractivity contribution in [2.24, 2.45) is 0 Å². The number of Topliss-reactive ketones (excluding diaryl/α,β-unsaturated/α-hetero) is 1. The Morgan fingerprint density at radius 2 is 1.82 bits per heavy atom. The lowest BCUT2D eigenvalue weighted by molar-refractivity contribution is -0.112. The lowest BCUT2D eigenvalue weighted by Gasteiger charge is -2.05. The fourth-order valence-corrected chi connectivity index (χ4v) is 2.71. The smallest absolute Gasteiger partial charge is 0.167 e. The van der Waals surface area contributed by atoms with Gasteiger partial charge in [0, 0.05) is 12.0 Å². The van der Waals surface area contributed by atoms with E-state index in [2.05, 4.69) is 24.3 Å². The zero-order chi connectivity index (χ0) is 12.0. The Labute approximate surface area is 101 Å². The summed E-state index contributed by atoms with van der Waals surface area (Å²) in [6.07, 6.45) is 0.553. The van der Waals surface area contributed by atoms with E-state index in [0.29, 0.717) is 6.42 Å². The van der Waals surface area contributed by atoms with Crippen LogP contribution < -0.4 is 0 Å². The number of hydrogen-bond donors (Lipinski definition) is 0. The molecule has 2 aromatic carbocycles. The van der Waals surface area contributed by atoms with Crippen LogP contribution in [0.3, 0.4) is 0 Å². The molecular formula is C16H14O. The van der Waals surface area contributed by atoms with Crippen molar-refractivity contribution in [2.75, 3.05) is 0 Å². The SMILES string of the molecule is CC(C)=C1C(=O)Cc2c1ccc1ccccc21. The van der Waals surface area contributed by atoms with Gasteiger partial charge in [0.2, 0.25) is 0 Å². The predicted octanol–water partition coefficient (Wildman–Crippen LogP) is 3.76. The number of rotatable bonds is 0. The number of benzene rings is 2. The van der Waals surface area contributed by atoms with E-state index in [-0.39, 0.29) is 5.78 Å². The number of fused-ring (bicyclic) bond motifs is 3. The zero-order valence-electron chi connectivity index (χ0n) is 10.1. The van der Waals surface area contributed by atoms with Crippen LogP contribution >= 0.6 is 0 Å². The lowest BCUT2D eigenvalue weighted by Crippen LogP contribution is -1.95. The third kappa shape index (κ3) is 1.42. The van der Waals surface area contributed by atoms with Crippen molar-refractivity contribution in [3.05, 3.63) is 53.1 Å². The summed E-state index contributed by atoms with van der Waals surface area (Å²) in [5.41, 5.74) is 4.37. The summed E-state index contributed by atoms with van der Waals surface area (Å²) in [6, 6.07) is 12.5. The lowest BCUT2D eigenvalue weighted by atomic mass is 9.98. The molecule has 0 amide bonds. The van der Waals surface area contributed by atoms with Gasteiger partial charge in [-0.25, -0.2) is 0 Å². The molecule has 0 fully saturated rings. The minimum absolute atomic E-state index is 0.261. The molecule has 1 aliphatic rings. The van der Waals surface area contributed by atoms with Gasteiger partial charge in [-0.1, -0.05) is 42.0 Å². The molecule has 0 aliphatic heterocycles. The largest absolute Gasteiger partial charge is 0.294 e. The number of carbonyl (C=O) groups excluding carboxylic acids is 1. The maximum atomic E-state index is 12.1. The Balaban J connectivity index is 2.40. The molecule has 0 saturated carbocycles. The molecule has 3 rings (SSSR count). The summed E-state index contributed by atoms with van der Waals surface area (Å²) >= 11 is 0. The van der Waals surface area contributed by atoms with Crippen molar-refractivity contribution in [1.29, 1.82) is 0 Å². The molecule has 0 N–H and O–H groups in total. The van der Waals surface area contributed by atoms with Crippen molar-refractivity contribution in [3.8, 4) is 0 Å². The second-order valence-electron chi connectivity index (χ2n) is 4.79. The van der Waals surface area contributed by atoms with Crippen LogP contribution in [0.5, 0.6) is 0 Å². The first-order valence-corrected chi connectivity index (χ1v) is 5.90. The average Bonchev–Trinajstić information content (AvgIpc) is 2.65. The van der Waals surface area contributed by atoms with E-state index in [4.69, 9.17) is 0 Å². The Kier molecular flexibility index (Phi) is 2.15. The van der Waals surface area contributed by atoms with Crippen molar-refractivity contribution < 1.29 is 4.79 Å². The normalized spacial score (nSPS) is 14.2. The molecule has 0 aromatic heterocycles. The Bertz CT molecular complexity index is 658. The molecular weight excluding hydrogens is 208 g/mol. The second kappa shape index (κ2) is 3.56. The van der Waals surface area contributed by atoms with Crippen LogP contribution in [0.4, 0.5) is 0 Å². The predicted molar refractivity (Wildman–Crippen MR) is 70.9 cm³/mol. The molecule has 0 saturated heterocycles. The van der Waals surface area contributed by atoms with Gasteiger partial charge in [-0.3, -0.25) is 4.79 Å². The quantitative estimate of drug-likeness (QED) is 0.620. The summed E-state index contributed by atoms with van der Waals surface area (Å²) in [5.74, 6) is 0.261. The summed E-state index contributed by atoms with van der Waals surface area (Å²) in [6.45, 7) is 4.02. The molecule has 0 heterocycles. The van der Waals surface area contributed by atoms with Crippen LogP contribution in [0.25, 0.3) is 16.3 Å². The van der Waals surface area contributed by atoms with Gasteiger partial charge in [0.1, 0.15) is 0 Å². The highest BCUT2D eigenvalue weighted by atomic mass is 16.1. The van der Waals surface area contributed by atoms with E-state index in [1.54, 1.807) is 0 Å². The first-order chi connectivity index (χ1) is 8.18. The highest BCUT2D eigenvalue weighted by Crippen LogP contribution is 2.36. The van der Waals surface area contributed by atoms with Crippen molar-refractivity contribution >= 4 is 22.1 Å². The van der Waals surface area contributed by atoms with Gasteiger partial charge < -0.3 is 0 Å². The number of carbonyl (C=O) groups is 1. The molecule has 0 spiro atoms. The van der Waals surface area contributed by atoms with Crippen LogP contribution in [0, 0.1) is 0 Å². The maximum absolute atomic E-state index is 12.1. The van der Waals surface area contributed by atoms with E-state index in [1.165, 1.54) is 16.3 Å². The Morgan fingerprint density at radius 3 is 2.59 bits per heavy atom. The molecule has 1 nitrogen and oxygen atoms in total. The minimum Gasteiger partial charge on any atom is -0.294 e. The Hall–Kier alpha value is -1.89. The van der Waals surface area contributed by atoms with E-state index in [0.717, 1.165) is 16.7 Å². The van der Waals surface area contributed by atoms with E-state index in [1.807, 2.05) is 26.0 Å². The van der Waals surface area contributed by atoms with Crippen LogP contribution in [-0.2, 0) is 11.2 Å². The van der Waals surface area contributed by atoms with Crippen LogP contribution in [0.15, 0.2) is 42.0 Å². The van der Waals surface area contributed by atoms with Crippen LogP contribution in [0.1, 0.15) is 25.0 Å². The molecule has 0 radical (unpaired) electrons. The fourth-order valence-electron chi connectivity index (χ4n) is 2.71. The first kappa shape index (κ1) is 10.3. The number of hydrogen-bond acceptors (Lipinski definition) is 1. The molecule has 2 aromatic rings. The molecule has 0 unspecified atom stereocenters. The molecule has 1 heteroatoms. The van der Waals surface area contributed by atoms with Gasteiger partial charge in [-0.2, -0.15) is 0 Å². The van der Waals surface area contributed by atoms with Gasteiger partial charge in [-0.05, 0) is 35.7 Å². The summed E-state index contributed by atoms with van der Waals surface area (Å²) < 4.78 is 0. The molecule has 0 atom stereocenters. The highest BCUT2D eigenvalue weighted by molar-refractivity contribution is 6.27. The maximum Gasteiger partial charge on any atom is 0.167 e. The van der Waals surface area contributed by atoms with Gasteiger partial charge in [0.15, 0.2) is 5.78 Å². The number of ketones is 1. The summed E-state index contributed by atoms with van der Waals surface area (Å²) in [7, 11) is 0.